The van der Waals surface area contributed by atoms with E-state index in [0.29, 0.717) is 18.7 Å². The van der Waals surface area contributed by atoms with Crippen LogP contribution >= 0.6 is 39.0 Å². The van der Waals surface area contributed by atoms with Crippen molar-refractivity contribution in [3.8, 4) is 0 Å². The summed E-state index contributed by atoms with van der Waals surface area (Å²) in [6.07, 6.45) is 0.663. The number of rotatable bonds is 5. The second-order valence-electron chi connectivity index (χ2n) is 5.32. The summed E-state index contributed by atoms with van der Waals surface area (Å²) in [7, 11) is -3.67. The Hall–Kier alpha value is -0.870. The topological polar surface area (TPSA) is 80.5 Å². The molecule has 0 spiro atoms. The molecule has 24 heavy (non-hydrogen) atoms. The van der Waals surface area contributed by atoms with Crippen LogP contribution in [-0.2, 0) is 21.2 Å². The number of sulfonamides is 1. The summed E-state index contributed by atoms with van der Waals surface area (Å²) in [5, 5.41) is 7.14. The van der Waals surface area contributed by atoms with E-state index in [4.69, 9.17) is 5.14 Å². The van der Waals surface area contributed by atoms with Gasteiger partial charge in [0.05, 0.1) is 15.5 Å². The van der Waals surface area contributed by atoms with Gasteiger partial charge in [-0.15, -0.1) is 23.1 Å². The Bertz CT molecular complexity index is 849. The van der Waals surface area contributed by atoms with Gasteiger partial charge in [0.2, 0.25) is 15.9 Å². The van der Waals surface area contributed by atoms with Gasteiger partial charge in [-0.2, -0.15) is 0 Å². The number of nitrogens with two attached hydrogens (primary N) is 1. The summed E-state index contributed by atoms with van der Waals surface area (Å²) in [4.78, 5) is 15.3. The number of primary sulfonamides is 1. The van der Waals surface area contributed by atoms with Crippen molar-refractivity contribution in [2.75, 3.05) is 12.3 Å². The minimum Gasteiger partial charge on any atom is -0.325 e. The van der Waals surface area contributed by atoms with Gasteiger partial charge in [-0.1, -0.05) is 12.1 Å². The molecule has 1 unspecified atom stereocenters. The van der Waals surface area contributed by atoms with E-state index in [-0.39, 0.29) is 16.2 Å². The predicted molar refractivity (Wildman–Crippen MR) is 100 cm³/mol. The van der Waals surface area contributed by atoms with Crippen LogP contribution in [0.25, 0.3) is 0 Å². The molecular formula is C15H15BrN2O3S3. The molecule has 0 aliphatic carbocycles. The van der Waals surface area contributed by atoms with Crippen LogP contribution in [0, 0.1) is 0 Å². The number of amides is 1. The van der Waals surface area contributed by atoms with E-state index in [1.54, 1.807) is 35.2 Å². The fourth-order valence-corrected chi connectivity index (χ4v) is 6.25. The lowest BCUT2D eigenvalue weighted by molar-refractivity contribution is -0.128. The first-order valence-electron chi connectivity index (χ1n) is 7.12. The Balaban J connectivity index is 1.70. The van der Waals surface area contributed by atoms with Crippen LogP contribution in [0.15, 0.2) is 45.1 Å². The van der Waals surface area contributed by atoms with Crippen LogP contribution in [0.1, 0.15) is 15.8 Å². The lowest BCUT2D eigenvalue weighted by Crippen LogP contribution is -2.30. The average molecular weight is 447 g/mol. The van der Waals surface area contributed by atoms with Crippen molar-refractivity contribution in [1.29, 1.82) is 0 Å². The Morgan fingerprint density at radius 2 is 1.96 bits per heavy atom. The van der Waals surface area contributed by atoms with Crippen molar-refractivity contribution in [1.82, 2.24) is 4.90 Å². The van der Waals surface area contributed by atoms with Gasteiger partial charge in [0.25, 0.3) is 0 Å². The van der Waals surface area contributed by atoms with Gasteiger partial charge in [-0.05, 0) is 51.5 Å². The fraction of sp³-hybridized carbons (Fsp3) is 0.267. The van der Waals surface area contributed by atoms with E-state index in [2.05, 4.69) is 15.9 Å². The largest absolute Gasteiger partial charge is 0.325 e. The second-order valence-corrected chi connectivity index (χ2v) is 9.75. The molecule has 1 aliphatic rings. The first-order chi connectivity index (χ1) is 11.4. The van der Waals surface area contributed by atoms with Crippen LogP contribution in [0.3, 0.4) is 0 Å². The maximum absolute atomic E-state index is 12.2. The SMILES string of the molecule is NS(=O)(=O)c1ccc(CCN2C(=O)CSC2c2sccc2Br)cc1. The summed E-state index contributed by atoms with van der Waals surface area (Å²) in [6.45, 7) is 0.593. The van der Waals surface area contributed by atoms with E-state index in [9.17, 15) is 13.2 Å². The molecule has 2 aromatic rings. The maximum Gasteiger partial charge on any atom is 0.238 e. The highest BCUT2D eigenvalue weighted by Crippen LogP contribution is 2.43. The smallest absolute Gasteiger partial charge is 0.238 e. The van der Waals surface area contributed by atoms with Crippen molar-refractivity contribution in [3.63, 3.8) is 0 Å². The van der Waals surface area contributed by atoms with Gasteiger partial charge < -0.3 is 4.90 Å². The van der Waals surface area contributed by atoms with Crippen LogP contribution in [0.4, 0.5) is 0 Å². The number of thiophene rings is 1. The minimum atomic E-state index is -3.67. The lowest BCUT2D eigenvalue weighted by Gasteiger charge is -2.23. The quantitative estimate of drug-likeness (QED) is 0.765. The third kappa shape index (κ3) is 3.85. The van der Waals surface area contributed by atoms with Crippen LogP contribution < -0.4 is 5.14 Å². The highest BCUT2D eigenvalue weighted by molar-refractivity contribution is 9.10. The number of halogens is 1. The van der Waals surface area contributed by atoms with E-state index in [1.165, 1.54) is 12.1 Å². The van der Waals surface area contributed by atoms with E-state index in [0.717, 1.165) is 14.9 Å². The fourth-order valence-electron chi connectivity index (χ4n) is 2.49. The van der Waals surface area contributed by atoms with Crippen molar-refractivity contribution in [3.05, 3.63) is 50.6 Å². The number of nitrogens with zero attached hydrogens (tertiary/aromatic N) is 1. The Morgan fingerprint density at radius 3 is 2.54 bits per heavy atom. The number of benzene rings is 1. The van der Waals surface area contributed by atoms with Gasteiger partial charge in [0, 0.05) is 11.0 Å². The third-order valence-electron chi connectivity index (χ3n) is 3.73. The van der Waals surface area contributed by atoms with Crippen molar-refractivity contribution >= 4 is 55.0 Å². The monoisotopic (exact) mass is 446 g/mol. The summed E-state index contributed by atoms with van der Waals surface area (Å²) >= 11 is 6.81. The van der Waals surface area contributed by atoms with Crippen molar-refractivity contribution in [2.45, 2.75) is 16.7 Å². The molecule has 1 aromatic heterocycles. The zero-order valence-corrected chi connectivity index (χ0v) is 16.6. The van der Waals surface area contributed by atoms with E-state index in [1.807, 2.05) is 16.3 Å². The molecule has 3 rings (SSSR count). The molecule has 128 valence electrons. The molecule has 1 aromatic carbocycles. The molecule has 2 heterocycles. The summed E-state index contributed by atoms with van der Waals surface area (Å²) < 4.78 is 23.6. The standard InChI is InChI=1S/C15H15BrN2O3S3/c16-12-6-8-22-14(12)15-18(13(19)9-23-15)7-5-10-1-3-11(4-2-10)24(17,20)21/h1-4,6,8,15H,5,7,9H2,(H2,17,20,21). The Kier molecular flexibility index (Phi) is 5.36. The number of carbonyl (C=O) groups excluding carboxylic acids is 1. The molecule has 0 saturated carbocycles. The molecule has 5 nitrogen and oxygen atoms in total. The van der Waals surface area contributed by atoms with Gasteiger partial charge in [0.1, 0.15) is 5.37 Å². The van der Waals surface area contributed by atoms with Gasteiger partial charge in [-0.25, -0.2) is 13.6 Å². The molecule has 1 amide bonds. The van der Waals surface area contributed by atoms with Crippen LogP contribution in [0.5, 0.6) is 0 Å². The zero-order valence-electron chi connectivity index (χ0n) is 12.5. The van der Waals surface area contributed by atoms with Gasteiger partial charge in [0.15, 0.2) is 0 Å². The lowest BCUT2D eigenvalue weighted by atomic mass is 10.1. The molecule has 0 radical (unpaired) electrons. The highest BCUT2D eigenvalue weighted by Gasteiger charge is 2.34. The predicted octanol–water partition coefficient (Wildman–Crippen LogP) is 2.97. The number of hydrogen-bond acceptors (Lipinski definition) is 5. The van der Waals surface area contributed by atoms with Crippen LogP contribution in [0.2, 0.25) is 0 Å². The molecule has 1 atom stereocenters. The average Bonchev–Trinajstić information content (AvgIpc) is 3.10. The summed E-state index contributed by atoms with van der Waals surface area (Å²) in [6, 6.07) is 8.47. The van der Waals surface area contributed by atoms with Gasteiger partial charge in [-0.3, -0.25) is 4.79 Å². The molecular weight excluding hydrogens is 432 g/mol. The normalized spacial score (nSPS) is 18.3. The summed E-state index contributed by atoms with van der Waals surface area (Å²) in [5.74, 6) is 0.616. The highest BCUT2D eigenvalue weighted by atomic mass is 79.9. The first kappa shape index (κ1) is 17.9. The van der Waals surface area contributed by atoms with Gasteiger partial charge >= 0.3 is 0 Å². The zero-order chi connectivity index (χ0) is 17.3. The molecule has 1 aliphatic heterocycles. The summed E-state index contributed by atoms with van der Waals surface area (Å²) in [5.41, 5.74) is 0.969. The van der Waals surface area contributed by atoms with Crippen LogP contribution in [-0.4, -0.2) is 31.5 Å². The molecule has 9 heteroatoms. The second kappa shape index (κ2) is 7.17. The Labute approximate surface area is 157 Å². The molecule has 1 saturated heterocycles. The van der Waals surface area contributed by atoms with Crippen molar-refractivity contribution < 1.29 is 13.2 Å². The van der Waals surface area contributed by atoms with Crippen molar-refractivity contribution in [2.24, 2.45) is 5.14 Å². The number of hydrogen-bond donors (Lipinski definition) is 1. The molecule has 1 fully saturated rings. The number of carbonyl (C=O) groups is 1. The molecule has 0 bridgehead atoms. The molecule has 2 N–H and O–H groups in total. The van der Waals surface area contributed by atoms with E-state index < -0.39 is 10.0 Å². The Morgan fingerprint density at radius 1 is 1.25 bits per heavy atom. The first-order valence-corrected chi connectivity index (χ1v) is 11.4. The maximum atomic E-state index is 12.2. The minimum absolute atomic E-state index is 0.0376. The number of thioether (sulfide) groups is 1. The van der Waals surface area contributed by atoms with E-state index >= 15 is 0 Å². The third-order valence-corrected chi connectivity index (χ3v) is 7.95.